The molecule has 30 heavy (non-hydrogen) atoms. The largest absolute Gasteiger partial charge is 0.493 e. The Morgan fingerprint density at radius 3 is 2.43 bits per heavy atom. The van der Waals surface area contributed by atoms with Crippen LogP contribution in [-0.2, 0) is 6.54 Å². The monoisotopic (exact) mass is 426 g/mol. The molecule has 0 amide bonds. The summed E-state index contributed by atoms with van der Waals surface area (Å²) in [5.74, 6) is 2.26. The van der Waals surface area contributed by atoms with Crippen LogP contribution in [0.4, 0.5) is 4.39 Å². The second-order valence-corrected chi connectivity index (χ2v) is 8.62. The van der Waals surface area contributed by atoms with E-state index >= 15 is 0 Å². The molecule has 2 aromatic carbocycles. The van der Waals surface area contributed by atoms with Gasteiger partial charge in [-0.1, -0.05) is 35.9 Å². The van der Waals surface area contributed by atoms with E-state index in [-0.39, 0.29) is 5.82 Å². The van der Waals surface area contributed by atoms with E-state index in [2.05, 4.69) is 22.0 Å². The standard InChI is InChI=1S/C23H27FN4OS/c1-18-5-11-21(12-6-18)29-15-16-30-23-26-25-22(17-27-13-3-2-4-14-27)28(23)20-9-7-19(24)8-10-20/h5-12H,2-4,13-17H2,1H3. The fourth-order valence-electron chi connectivity index (χ4n) is 3.59. The average Bonchev–Trinajstić information content (AvgIpc) is 3.16. The summed E-state index contributed by atoms with van der Waals surface area (Å²) in [6.45, 7) is 5.56. The maximum absolute atomic E-state index is 13.5. The molecule has 1 aliphatic heterocycles. The lowest BCUT2D eigenvalue weighted by Crippen LogP contribution is -2.30. The van der Waals surface area contributed by atoms with Gasteiger partial charge in [0.1, 0.15) is 11.6 Å². The first kappa shape index (κ1) is 20.9. The average molecular weight is 427 g/mol. The van der Waals surface area contributed by atoms with Crippen molar-refractivity contribution in [2.24, 2.45) is 0 Å². The molecule has 1 aliphatic rings. The Bertz CT molecular complexity index is 937. The van der Waals surface area contributed by atoms with E-state index in [1.807, 2.05) is 28.8 Å². The van der Waals surface area contributed by atoms with E-state index in [4.69, 9.17) is 4.74 Å². The van der Waals surface area contributed by atoms with Crippen molar-refractivity contribution in [3.05, 3.63) is 65.7 Å². The molecule has 3 aromatic rings. The number of ether oxygens (including phenoxy) is 1. The quantitative estimate of drug-likeness (QED) is 0.380. The van der Waals surface area contributed by atoms with Crippen LogP contribution in [0.1, 0.15) is 30.7 Å². The third kappa shape index (κ3) is 5.40. The summed E-state index contributed by atoms with van der Waals surface area (Å²) >= 11 is 1.60. The van der Waals surface area contributed by atoms with Gasteiger partial charge in [0, 0.05) is 11.4 Å². The summed E-state index contributed by atoms with van der Waals surface area (Å²) in [5, 5.41) is 9.71. The van der Waals surface area contributed by atoms with E-state index < -0.39 is 0 Å². The number of aryl methyl sites for hydroxylation is 1. The Morgan fingerprint density at radius 1 is 0.967 bits per heavy atom. The second-order valence-electron chi connectivity index (χ2n) is 7.56. The predicted octanol–water partition coefficient (Wildman–Crippen LogP) is 4.87. The number of benzene rings is 2. The van der Waals surface area contributed by atoms with Crippen LogP contribution in [0.5, 0.6) is 5.75 Å². The molecule has 7 heteroatoms. The van der Waals surface area contributed by atoms with Gasteiger partial charge in [-0.25, -0.2) is 4.39 Å². The number of rotatable bonds is 8. The maximum Gasteiger partial charge on any atom is 0.195 e. The number of nitrogens with zero attached hydrogens (tertiary/aromatic N) is 4. The second kappa shape index (κ2) is 10.1. The van der Waals surface area contributed by atoms with Crippen molar-refractivity contribution in [3.8, 4) is 11.4 Å². The van der Waals surface area contributed by atoms with E-state index in [0.29, 0.717) is 6.61 Å². The molecule has 2 heterocycles. The number of aromatic nitrogens is 3. The van der Waals surface area contributed by atoms with Gasteiger partial charge in [-0.15, -0.1) is 10.2 Å². The van der Waals surface area contributed by atoms with E-state index in [0.717, 1.165) is 47.8 Å². The molecule has 158 valence electrons. The lowest BCUT2D eigenvalue weighted by Gasteiger charge is -2.26. The SMILES string of the molecule is Cc1ccc(OCCSc2nnc(CN3CCCCC3)n2-c2ccc(F)cc2)cc1. The number of hydrogen-bond donors (Lipinski definition) is 0. The molecule has 4 rings (SSSR count). The first-order chi connectivity index (χ1) is 14.7. The molecule has 0 saturated carbocycles. The van der Waals surface area contributed by atoms with E-state index in [9.17, 15) is 4.39 Å². The van der Waals surface area contributed by atoms with Crippen LogP contribution in [0.15, 0.2) is 53.7 Å². The van der Waals surface area contributed by atoms with Crippen molar-refractivity contribution in [1.82, 2.24) is 19.7 Å². The molecular weight excluding hydrogens is 399 g/mol. The first-order valence-electron chi connectivity index (χ1n) is 10.4. The molecule has 5 nitrogen and oxygen atoms in total. The van der Waals surface area contributed by atoms with Crippen LogP contribution in [0.2, 0.25) is 0 Å². The topological polar surface area (TPSA) is 43.2 Å². The fourth-order valence-corrected chi connectivity index (χ4v) is 4.38. The highest BCUT2D eigenvalue weighted by Gasteiger charge is 2.18. The van der Waals surface area contributed by atoms with Gasteiger partial charge in [-0.3, -0.25) is 9.47 Å². The zero-order chi connectivity index (χ0) is 20.8. The number of piperidine rings is 1. The summed E-state index contributed by atoms with van der Waals surface area (Å²) < 4.78 is 21.3. The van der Waals surface area contributed by atoms with Gasteiger partial charge in [0.2, 0.25) is 0 Å². The summed E-state index contributed by atoms with van der Waals surface area (Å²) in [7, 11) is 0. The number of halogens is 1. The van der Waals surface area contributed by atoms with Gasteiger partial charge in [0.15, 0.2) is 11.0 Å². The van der Waals surface area contributed by atoms with Crippen LogP contribution < -0.4 is 4.74 Å². The molecule has 0 spiro atoms. The first-order valence-corrected chi connectivity index (χ1v) is 11.4. The zero-order valence-corrected chi connectivity index (χ0v) is 18.1. The minimum Gasteiger partial charge on any atom is -0.493 e. The van der Waals surface area contributed by atoms with Gasteiger partial charge in [0.25, 0.3) is 0 Å². The molecule has 0 atom stereocenters. The molecule has 1 saturated heterocycles. The Labute approximate surface area is 181 Å². The predicted molar refractivity (Wildman–Crippen MR) is 118 cm³/mol. The Morgan fingerprint density at radius 2 is 1.70 bits per heavy atom. The van der Waals surface area contributed by atoms with Gasteiger partial charge in [0.05, 0.1) is 13.2 Å². The number of likely N-dealkylation sites (tertiary alicyclic amines) is 1. The van der Waals surface area contributed by atoms with Crippen molar-refractivity contribution in [1.29, 1.82) is 0 Å². The molecule has 0 N–H and O–H groups in total. The zero-order valence-electron chi connectivity index (χ0n) is 17.3. The van der Waals surface area contributed by atoms with Crippen LogP contribution in [0, 0.1) is 12.7 Å². The van der Waals surface area contributed by atoms with Gasteiger partial charge >= 0.3 is 0 Å². The van der Waals surface area contributed by atoms with Crippen LogP contribution in [0.3, 0.4) is 0 Å². The van der Waals surface area contributed by atoms with Gasteiger partial charge in [-0.05, 0) is 69.3 Å². The van der Waals surface area contributed by atoms with Gasteiger partial charge in [-0.2, -0.15) is 0 Å². The Hall–Kier alpha value is -2.38. The van der Waals surface area contributed by atoms with E-state index in [1.54, 1.807) is 23.9 Å². The fraction of sp³-hybridized carbons (Fsp3) is 0.391. The molecule has 1 aromatic heterocycles. The summed E-state index contributed by atoms with van der Waals surface area (Å²) in [6.07, 6.45) is 3.74. The normalized spacial score (nSPS) is 14.7. The van der Waals surface area contributed by atoms with Crippen molar-refractivity contribution in [3.63, 3.8) is 0 Å². The lowest BCUT2D eigenvalue weighted by molar-refractivity contribution is 0.214. The minimum atomic E-state index is -0.245. The highest BCUT2D eigenvalue weighted by atomic mass is 32.2. The minimum absolute atomic E-state index is 0.245. The molecule has 0 aliphatic carbocycles. The van der Waals surface area contributed by atoms with Crippen LogP contribution in [-0.4, -0.2) is 45.1 Å². The molecule has 1 fully saturated rings. The summed E-state index contributed by atoms with van der Waals surface area (Å²) in [4.78, 5) is 2.42. The Kier molecular flexibility index (Phi) is 7.02. The molecule has 0 radical (unpaired) electrons. The summed E-state index contributed by atoms with van der Waals surface area (Å²) in [6, 6.07) is 14.6. The van der Waals surface area contributed by atoms with Crippen LogP contribution in [0.25, 0.3) is 5.69 Å². The van der Waals surface area contributed by atoms with Crippen molar-refractivity contribution < 1.29 is 9.13 Å². The smallest absolute Gasteiger partial charge is 0.195 e. The van der Waals surface area contributed by atoms with Crippen LogP contribution >= 0.6 is 11.8 Å². The highest BCUT2D eigenvalue weighted by molar-refractivity contribution is 7.99. The molecule has 0 unspecified atom stereocenters. The number of thioether (sulfide) groups is 1. The molecular formula is C23H27FN4OS. The van der Waals surface area contributed by atoms with Crippen molar-refractivity contribution in [2.45, 2.75) is 37.9 Å². The van der Waals surface area contributed by atoms with Crippen molar-refractivity contribution in [2.75, 3.05) is 25.4 Å². The summed E-state index contributed by atoms with van der Waals surface area (Å²) in [5.41, 5.74) is 2.10. The maximum atomic E-state index is 13.5. The number of hydrogen-bond acceptors (Lipinski definition) is 5. The Balaban J connectivity index is 1.45. The lowest BCUT2D eigenvalue weighted by atomic mass is 10.1. The highest BCUT2D eigenvalue weighted by Crippen LogP contribution is 2.24. The van der Waals surface area contributed by atoms with E-state index in [1.165, 1.54) is 37.0 Å². The third-order valence-corrected chi connectivity index (χ3v) is 6.10. The molecule has 0 bridgehead atoms. The third-order valence-electron chi connectivity index (χ3n) is 5.20. The van der Waals surface area contributed by atoms with Crippen molar-refractivity contribution >= 4 is 11.8 Å². The van der Waals surface area contributed by atoms with Gasteiger partial charge < -0.3 is 4.74 Å².